The number of hydrogen-bond acceptors (Lipinski definition) is 4. The van der Waals surface area contributed by atoms with Gasteiger partial charge in [-0.25, -0.2) is 12.8 Å². The molecule has 1 aromatic rings. The minimum absolute atomic E-state index is 0.0242. The van der Waals surface area contributed by atoms with Gasteiger partial charge in [0.15, 0.2) is 9.84 Å². The molecule has 1 aliphatic heterocycles. The smallest absolute Gasteiger partial charge is 0.231 e. The van der Waals surface area contributed by atoms with E-state index in [4.69, 9.17) is 0 Å². The molecule has 0 spiro atoms. The Morgan fingerprint density at radius 3 is 2.70 bits per heavy atom. The third kappa shape index (κ3) is 2.99. The Balaban J connectivity index is 2.27. The van der Waals surface area contributed by atoms with Gasteiger partial charge in [-0.15, -0.1) is 0 Å². The van der Waals surface area contributed by atoms with Crippen LogP contribution in [-0.2, 0) is 14.6 Å². The van der Waals surface area contributed by atoms with Gasteiger partial charge in [-0.1, -0.05) is 0 Å². The van der Waals surface area contributed by atoms with E-state index in [9.17, 15) is 17.6 Å². The lowest BCUT2D eigenvalue weighted by molar-refractivity contribution is -0.123. The number of nitrogens with one attached hydrogen (secondary N) is 2. The number of carbonyl (C=O) groups is 1. The zero-order chi connectivity index (χ0) is 15.0. The van der Waals surface area contributed by atoms with Gasteiger partial charge in [-0.05, 0) is 38.1 Å². The Morgan fingerprint density at radius 2 is 2.15 bits per heavy atom. The molecule has 1 amide bonds. The van der Waals surface area contributed by atoms with Crippen molar-refractivity contribution in [1.29, 1.82) is 0 Å². The molecule has 1 heterocycles. The molecular weight excluding hydrogens is 283 g/mol. The molecule has 2 N–H and O–H groups in total. The van der Waals surface area contributed by atoms with Gasteiger partial charge in [-0.2, -0.15) is 0 Å². The van der Waals surface area contributed by atoms with Gasteiger partial charge in [0.2, 0.25) is 5.91 Å². The first-order valence-electron chi connectivity index (χ1n) is 6.24. The lowest BCUT2D eigenvalue weighted by Gasteiger charge is -2.21. The highest BCUT2D eigenvalue weighted by molar-refractivity contribution is 7.90. The van der Waals surface area contributed by atoms with Crippen molar-refractivity contribution in [3.8, 4) is 0 Å². The predicted octanol–water partition coefficient (Wildman–Crippen LogP) is 1.17. The van der Waals surface area contributed by atoms with Crippen molar-refractivity contribution in [1.82, 2.24) is 5.32 Å². The maximum atomic E-state index is 13.7. The zero-order valence-corrected chi connectivity index (χ0v) is 12.2. The second kappa shape index (κ2) is 5.14. The summed E-state index contributed by atoms with van der Waals surface area (Å²) < 4.78 is 36.6. The van der Waals surface area contributed by atoms with Crippen molar-refractivity contribution in [3.05, 3.63) is 24.0 Å². The summed E-state index contributed by atoms with van der Waals surface area (Å²) in [6.07, 6.45) is 1.69. The van der Waals surface area contributed by atoms with E-state index in [-0.39, 0.29) is 16.5 Å². The number of benzene rings is 1. The topological polar surface area (TPSA) is 75.3 Å². The molecular formula is C13H17FN2O3S. The molecule has 20 heavy (non-hydrogen) atoms. The van der Waals surface area contributed by atoms with Crippen molar-refractivity contribution in [2.24, 2.45) is 5.41 Å². The Kier molecular flexibility index (Phi) is 3.84. The van der Waals surface area contributed by atoms with Crippen LogP contribution in [0.2, 0.25) is 0 Å². The highest BCUT2D eigenvalue weighted by Gasteiger charge is 2.36. The molecule has 0 saturated carbocycles. The van der Waals surface area contributed by atoms with Gasteiger partial charge < -0.3 is 10.6 Å². The molecule has 1 aromatic carbocycles. The zero-order valence-electron chi connectivity index (χ0n) is 11.4. The summed E-state index contributed by atoms with van der Waals surface area (Å²) in [4.78, 5) is 12.2. The van der Waals surface area contributed by atoms with Gasteiger partial charge in [-0.3, -0.25) is 4.79 Å². The first kappa shape index (κ1) is 14.9. The predicted molar refractivity (Wildman–Crippen MR) is 73.7 cm³/mol. The van der Waals surface area contributed by atoms with Crippen LogP contribution in [0.3, 0.4) is 0 Å². The van der Waals surface area contributed by atoms with Crippen molar-refractivity contribution in [2.45, 2.75) is 18.2 Å². The van der Waals surface area contributed by atoms with Crippen LogP contribution in [0.15, 0.2) is 23.1 Å². The average molecular weight is 300 g/mol. The monoisotopic (exact) mass is 300 g/mol. The molecule has 1 saturated heterocycles. The minimum atomic E-state index is -3.44. The fourth-order valence-electron chi connectivity index (χ4n) is 2.11. The van der Waals surface area contributed by atoms with E-state index in [1.807, 2.05) is 0 Å². The SMILES string of the molecule is CC1(C(=O)Nc2cc(S(C)(=O)=O)ccc2F)CCNC1. The van der Waals surface area contributed by atoms with E-state index < -0.39 is 21.1 Å². The average Bonchev–Trinajstić information content (AvgIpc) is 2.79. The molecule has 0 aromatic heterocycles. The fraction of sp³-hybridized carbons (Fsp3) is 0.462. The van der Waals surface area contributed by atoms with Gasteiger partial charge in [0.05, 0.1) is 16.0 Å². The number of hydrogen-bond donors (Lipinski definition) is 2. The molecule has 0 aliphatic carbocycles. The van der Waals surface area contributed by atoms with Gasteiger partial charge in [0.25, 0.3) is 0 Å². The minimum Gasteiger partial charge on any atom is -0.323 e. The molecule has 0 bridgehead atoms. The number of halogens is 1. The summed E-state index contributed by atoms with van der Waals surface area (Å²) >= 11 is 0. The maximum absolute atomic E-state index is 13.7. The Labute approximate surface area is 117 Å². The maximum Gasteiger partial charge on any atom is 0.231 e. The molecule has 110 valence electrons. The van der Waals surface area contributed by atoms with Crippen LogP contribution in [-0.4, -0.2) is 33.7 Å². The van der Waals surface area contributed by atoms with Gasteiger partial charge >= 0.3 is 0 Å². The van der Waals surface area contributed by atoms with Crippen molar-refractivity contribution >= 4 is 21.4 Å². The second-order valence-electron chi connectivity index (χ2n) is 5.36. The van der Waals surface area contributed by atoms with E-state index in [0.29, 0.717) is 13.0 Å². The Bertz CT molecular complexity index is 637. The summed E-state index contributed by atoms with van der Waals surface area (Å²) in [6.45, 7) is 3.04. The van der Waals surface area contributed by atoms with Crippen LogP contribution in [0, 0.1) is 11.2 Å². The summed E-state index contributed by atoms with van der Waals surface area (Å²) in [5.74, 6) is -0.965. The summed E-state index contributed by atoms with van der Waals surface area (Å²) in [6, 6.07) is 3.37. The van der Waals surface area contributed by atoms with Crippen LogP contribution in [0.5, 0.6) is 0 Å². The summed E-state index contributed by atoms with van der Waals surface area (Å²) in [5, 5.41) is 5.57. The van der Waals surface area contributed by atoms with Crippen molar-refractivity contribution in [2.75, 3.05) is 24.7 Å². The number of carbonyl (C=O) groups excluding carboxylic acids is 1. The van der Waals surface area contributed by atoms with Gasteiger partial charge in [0.1, 0.15) is 5.82 Å². The van der Waals surface area contributed by atoms with Crippen LogP contribution >= 0.6 is 0 Å². The Hall–Kier alpha value is -1.47. The second-order valence-corrected chi connectivity index (χ2v) is 7.37. The van der Waals surface area contributed by atoms with E-state index >= 15 is 0 Å². The third-order valence-electron chi connectivity index (χ3n) is 3.53. The first-order valence-corrected chi connectivity index (χ1v) is 8.13. The van der Waals surface area contributed by atoms with Crippen LogP contribution in [0.25, 0.3) is 0 Å². The molecule has 7 heteroatoms. The summed E-state index contributed by atoms with van der Waals surface area (Å²) in [7, 11) is -3.44. The number of amides is 1. The fourth-order valence-corrected chi connectivity index (χ4v) is 2.76. The van der Waals surface area contributed by atoms with Crippen LogP contribution in [0.1, 0.15) is 13.3 Å². The van der Waals surface area contributed by atoms with E-state index in [1.54, 1.807) is 6.92 Å². The highest BCUT2D eigenvalue weighted by atomic mass is 32.2. The lowest BCUT2D eigenvalue weighted by Crippen LogP contribution is -2.35. The molecule has 1 unspecified atom stereocenters. The number of rotatable bonds is 3. The highest BCUT2D eigenvalue weighted by Crippen LogP contribution is 2.28. The van der Waals surface area contributed by atoms with E-state index in [0.717, 1.165) is 24.9 Å². The first-order chi connectivity index (χ1) is 9.22. The molecule has 1 fully saturated rings. The van der Waals surface area contributed by atoms with E-state index in [1.165, 1.54) is 6.07 Å². The molecule has 5 nitrogen and oxygen atoms in total. The largest absolute Gasteiger partial charge is 0.323 e. The molecule has 2 rings (SSSR count). The lowest BCUT2D eigenvalue weighted by atomic mass is 9.89. The van der Waals surface area contributed by atoms with E-state index in [2.05, 4.69) is 10.6 Å². The van der Waals surface area contributed by atoms with Crippen molar-refractivity contribution < 1.29 is 17.6 Å². The Morgan fingerprint density at radius 1 is 1.45 bits per heavy atom. The normalized spacial score (nSPS) is 22.8. The standard InChI is InChI=1S/C13H17FN2O3S/c1-13(5-6-15-8-13)12(17)16-11-7-9(20(2,18)19)3-4-10(11)14/h3-4,7,15H,5-6,8H2,1-2H3,(H,16,17). The van der Waals surface area contributed by atoms with Crippen molar-refractivity contribution in [3.63, 3.8) is 0 Å². The van der Waals surface area contributed by atoms with Gasteiger partial charge in [0, 0.05) is 12.8 Å². The van der Waals surface area contributed by atoms with Crippen LogP contribution in [0.4, 0.5) is 10.1 Å². The third-order valence-corrected chi connectivity index (χ3v) is 4.64. The molecule has 1 aliphatic rings. The van der Waals surface area contributed by atoms with Crippen LogP contribution < -0.4 is 10.6 Å². The molecule has 0 radical (unpaired) electrons. The molecule has 1 atom stereocenters. The summed E-state index contributed by atoms with van der Waals surface area (Å²) in [5.41, 5.74) is -0.709. The number of anilines is 1. The quantitative estimate of drug-likeness (QED) is 0.822. The number of sulfone groups is 1.